The van der Waals surface area contributed by atoms with Gasteiger partial charge in [-0.05, 0) is 38.5 Å². The molecule has 0 fully saturated rings. The third-order valence-electron chi connectivity index (χ3n) is 2.28. The number of carbonyl (C=O) groups is 1. The number of halogens is 1. The van der Waals surface area contributed by atoms with E-state index in [1.807, 2.05) is 0 Å². The number of hydrogen-bond donors (Lipinski definition) is 1. The van der Waals surface area contributed by atoms with E-state index in [0.717, 1.165) is 0 Å². The highest BCUT2D eigenvalue weighted by Crippen LogP contribution is 2.22. The Kier molecular flexibility index (Phi) is 4.92. The molecule has 0 radical (unpaired) electrons. The third kappa shape index (κ3) is 4.43. The summed E-state index contributed by atoms with van der Waals surface area (Å²) in [5, 5.41) is 11.3. The molecule has 5 nitrogen and oxygen atoms in total. The molecule has 1 rings (SSSR count). The molecule has 108 valence electrons. The third-order valence-corrected chi connectivity index (χ3v) is 2.28. The minimum Gasteiger partial charge on any atom is -0.495 e. The second-order valence-corrected chi connectivity index (χ2v) is 5.12. The maximum atomic E-state index is 13.6. The summed E-state index contributed by atoms with van der Waals surface area (Å²) >= 11 is 0. The van der Waals surface area contributed by atoms with Crippen LogP contribution >= 0.6 is 0 Å². The summed E-state index contributed by atoms with van der Waals surface area (Å²) in [6.45, 7) is 5.32. The van der Waals surface area contributed by atoms with Crippen molar-refractivity contribution in [2.45, 2.75) is 32.9 Å². The van der Waals surface area contributed by atoms with Crippen LogP contribution < -0.4 is 10.1 Å². The summed E-state index contributed by atoms with van der Waals surface area (Å²) in [6.07, 6.45) is -0.596. The van der Waals surface area contributed by atoms with Crippen LogP contribution in [0.2, 0.25) is 0 Å². The number of nitrogens with one attached hydrogen (secondary N) is 1. The van der Waals surface area contributed by atoms with Gasteiger partial charge in [0, 0.05) is 6.54 Å². The smallest absolute Gasteiger partial charge is 0.407 e. The molecule has 1 aromatic carbocycles. The second kappa shape index (κ2) is 6.24. The van der Waals surface area contributed by atoms with Crippen LogP contribution in [0.25, 0.3) is 0 Å². The van der Waals surface area contributed by atoms with Crippen LogP contribution in [-0.4, -0.2) is 18.8 Å². The Hall–Kier alpha value is -2.29. The number of carbonyl (C=O) groups excluding carboxylic acids is 1. The fourth-order valence-electron chi connectivity index (χ4n) is 1.49. The van der Waals surface area contributed by atoms with Crippen LogP contribution in [0, 0.1) is 17.1 Å². The van der Waals surface area contributed by atoms with Gasteiger partial charge in [0.2, 0.25) is 0 Å². The Morgan fingerprint density at radius 1 is 1.45 bits per heavy atom. The lowest BCUT2D eigenvalue weighted by Crippen LogP contribution is -2.32. The lowest BCUT2D eigenvalue weighted by molar-refractivity contribution is 0.0523. The first kappa shape index (κ1) is 15.8. The van der Waals surface area contributed by atoms with Crippen molar-refractivity contribution in [3.63, 3.8) is 0 Å². The van der Waals surface area contributed by atoms with Crippen molar-refractivity contribution in [3.05, 3.63) is 29.1 Å². The van der Waals surface area contributed by atoms with Gasteiger partial charge in [-0.3, -0.25) is 0 Å². The van der Waals surface area contributed by atoms with Gasteiger partial charge in [-0.15, -0.1) is 0 Å². The van der Waals surface area contributed by atoms with Crippen LogP contribution in [0.5, 0.6) is 5.75 Å². The largest absolute Gasteiger partial charge is 0.495 e. The lowest BCUT2D eigenvalue weighted by atomic mass is 10.1. The van der Waals surface area contributed by atoms with Gasteiger partial charge in [0.25, 0.3) is 0 Å². The number of ether oxygens (including phenoxy) is 2. The molecule has 0 saturated heterocycles. The molecule has 0 saturated carbocycles. The lowest BCUT2D eigenvalue weighted by Gasteiger charge is -2.19. The van der Waals surface area contributed by atoms with Crippen LogP contribution in [0.15, 0.2) is 12.1 Å². The highest BCUT2D eigenvalue weighted by molar-refractivity contribution is 5.67. The summed E-state index contributed by atoms with van der Waals surface area (Å²) in [7, 11) is 1.35. The van der Waals surface area contributed by atoms with E-state index in [-0.39, 0.29) is 17.9 Å². The van der Waals surface area contributed by atoms with E-state index >= 15 is 0 Å². The summed E-state index contributed by atoms with van der Waals surface area (Å²) in [5.74, 6) is -0.554. The van der Waals surface area contributed by atoms with Crippen molar-refractivity contribution in [2.75, 3.05) is 7.11 Å². The molecule has 0 aliphatic carbocycles. The second-order valence-electron chi connectivity index (χ2n) is 5.12. The Morgan fingerprint density at radius 3 is 2.60 bits per heavy atom. The van der Waals surface area contributed by atoms with Gasteiger partial charge in [-0.25, -0.2) is 9.18 Å². The molecule has 0 atom stereocenters. The SMILES string of the molecule is COc1cc(CNC(=O)OC(C)(C)C)cc(F)c1C#N. The molecule has 1 amide bonds. The maximum Gasteiger partial charge on any atom is 0.407 e. The molecule has 0 aliphatic rings. The number of rotatable bonds is 3. The first-order valence-electron chi connectivity index (χ1n) is 6.00. The number of nitrogens with zero attached hydrogens (tertiary/aromatic N) is 1. The van der Waals surface area contributed by atoms with E-state index in [4.69, 9.17) is 14.7 Å². The Labute approximate surface area is 117 Å². The monoisotopic (exact) mass is 280 g/mol. The molecule has 0 bridgehead atoms. The first-order valence-corrected chi connectivity index (χ1v) is 6.00. The fourth-order valence-corrected chi connectivity index (χ4v) is 1.49. The van der Waals surface area contributed by atoms with E-state index < -0.39 is 17.5 Å². The van der Waals surface area contributed by atoms with E-state index in [1.165, 1.54) is 19.2 Å². The van der Waals surface area contributed by atoms with E-state index in [1.54, 1.807) is 26.8 Å². The van der Waals surface area contributed by atoms with Gasteiger partial charge < -0.3 is 14.8 Å². The minimum absolute atomic E-state index is 0.0773. The zero-order valence-electron chi connectivity index (χ0n) is 11.9. The van der Waals surface area contributed by atoms with Crippen molar-refractivity contribution in [3.8, 4) is 11.8 Å². The Bertz CT molecular complexity index is 545. The predicted octanol–water partition coefficient (Wildman–Crippen LogP) is 2.73. The van der Waals surface area contributed by atoms with E-state index in [9.17, 15) is 9.18 Å². The first-order chi connectivity index (χ1) is 9.26. The molecule has 0 aliphatic heterocycles. The van der Waals surface area contributed by atoms with E-state index in [0.29, 0.717) is 5.56 Å². The fraction of sp³-hybridized carbons (Fsp3) is 0.429. The Balaban J connectivity index is 2.77. The topological polar surface area (TPSA) is 71.3 Å². The number of methoxy groups -OCH3 is 1. The molecule has 6 heteroatoms. The predicted molar refractivity (Wildman–Crippen MR) is 70.7 cm³/mol. The molecular weight excluding hydrogens is 263 g/mol. The minimum atomic E-state index is -0.687. The van der Waals surface area contributed by atoms with Gasteiger partial charge in [-0.1, -0.05) is 0 Å². The standard InChI is InChI=1S/C14H17FN2O3/c1-14(2,3)20-13(18)17-8-9-5-11(15)10(7-16)12(6-9)19-4/h5-6H,8H2,1-4H3,(H,17,18). The van der Waals surface area contributed by atoms with Gasteiger partial charge in [0.1, 0.15) is 28.8 Å². The van der Waals surface area contributed by atoms with Crippen molar-refractivity contribution in [1.29, 1.82) is 5.26 Å². The average Bonchev–Trinajstić information content (AvgIpc) is 2.33. The van der Waals surface area contributed by atoms with Gasteiger partial charge >= 0.3 is 6.09 Å². The highest BCUT2D eigenvalue weighted by atomic mass is 19.1. The molecule has 1 aromatic rings. The van der Waals surface area contributed by atoms with Gasteiger partial charge in [0.15, 0.2) is 0 Å². The normalized spacial score (nSPS) is 10.6. The zero-order valence-corrected chi connectivity index (χ0v) is 11.9. The number of nitriles is 1. The molecular formula is C14H17FN2O3. The molecule has 1 N–H and O–H groups in total. The van der Waals surface area contributed by atoms with Crippen molar-refractivity contribution < 1.29 is 18.7 Å². The van der Waals surface area contributed by atoms with Crippen molar-refractivity contribution >= 4 is 6.09 Å². The molecule has 20 heavy (non-hydrogen) atoms. The van der Waals surface area contributed by atoms with Crippen LogP contribution in [-0.2, 0) is 11.3 Å². The summed E-state index contributed by atoms with van der Waals surface area (Å²) in [4.78, 5) is 11.5. The summed E-state index contributed by atoms with van der Waals surface area (Å²) < 4.78 is 23.6. The quantitative estimate of drug-likeness (QED) is 0.924. The number of alkyl carbamates (subject to hydrolysis) is 1. The molecule has 0 spiro atoms. The van der Waals surface area contributed by atoms with Crippen LogP contribution in [0.1, 0.15) is 31.9 Å². The maximum absolute atomic E-state index is 13.6. The molecule has 0 aromatic heterocycles. The van der Waals surface area contributed by atoms with Gasteiger partial charge in [-0.2, -0.15) is 5.26 Å². The number of benzene rings is 1. The average molecular weight is 280 g/mol. The molecule has 0 unspecified atom stereocenters. The summed E-state index contributed by atoms with van der Waals surface area (Å²) in [6, 6.07) is 4.40. The van der Waals surface area contributed by atoms with Crippen LogP contribution in [0.4, 0.5) is 9.18 Å². The number of amides is 1. The van der Waals surface area contributed by atoms with Crippen molar-refractivity contribution in [2.24, 2.45) is 0 Å². The number of hydrogen-bond acceptors (Lipinski definition) is 4. The van der Waals surface area contributed by atoms with Crippen LogP contribution in [0.3, 0.4) is 0 Å². The van der Waals surface area contributed by atoms with Crippen molar-refractivity contribution in [1.82, 2.24) is 5.32 Å². The highest BCUT2D eigenvalue weighted by Gasteiger charge is 2.16. The van der Waals surface area contributed by atoms with E-state index in [2.05, 4.69) is 5.32 Å². The zero-order chi connectivity index (χ0) is 15.3. The summed E-state index contributed by atoms with van der Waals surface area (Å²) in [5.41, 5.74) is -0.282. The Morgan fingerprint density at radius 2 is 2.10 bits per heavy atom. The van der Waals surface area contributed by atoms with Gasteiger partial charge in [0.05, 0.1) is 7.11 Å². The molecule has 0 heterocycles.